The van der Waals surface area contributed by atoms with Crippen molar-refractivity contribution in [2.45, 2.75) is 31.5 Å². The van der Waals surface area contributed by atoms with Crippen LogP contribution in [0.25, 0.3) is 0 Å². The number of carboxylic acid groups (broad SMARTS) is 1. The lowest BCUT2D eigenvalue weighted by atomic mass is 9.80. The van der Waals surface area contributed by atoms with Gasteiger partial charge in [0.25, 0.3) is 0 Å². The van der Waals surface area contributed by atoms with Crippen LogP contribution in [0, 0.1) is 5.82 Å². The molecule has 0 aromatic heterocycles. The van der Waals surface area contributed by atoms with Gasteiger partial charge in [-0.1, -0.05) is 36.7 Å². The van der Waals surface area contributed by atoms with Crippen molar-refractivity contribution in [3.63, 3.8) is 0 Å². The van der Waals surface area contributed by atoms with E-state index in [2.05, 4.69) is 15.9 Å². The summed E-state index contributed by atoms with van der Waals surface area (Å²) in [6.45, 7) is 5.63. The molecule has 0 saturated heterocycles. The summed E-state index contributed by atoms with van der Waals surface area (Å²) in [5, 5.41) is 9.41. The molecule has 0 aliphatic carbocycles. The highest BCUT2D eigenvalue weighted by molar-refractivity contribution is 9.08. The molecule has 88 valence electrons. The summed E-state index contributed by atoms with van der Waals surface area (Å²) < 4.78 is 13.6. The Balaban J connectivity index is 3.61. The lowest BCUT2D eigenvalue weighted by Gasteiger charge is -2.24. The number of hydrogen-bond acceptors (Lipinski definition) is 1. The number of carboxylic acids is 1. The first-order valence-electron chi connectivity index (χ1n) is 4.90. The van der Waals surface area contributed by atoms with E-state index in [4.69, 9.17) is 5.11 Å². The Labute approximate surface area is 103 Å². The zero-order chi connectivity index (χ0) is 12.5. The van der Waals surface area contributed by atoms with Gasteiger partial charge in [0.1, 0.15) is 5.82 Å². The van der Waals surface area contributed by atoms with Crippen molar-refractivity contribution in [3.05, 3.63) is 34.6 Å². The first-order chi connectivity index (χ1) is 7.29. The number of aromatic carboxylic acids is 1. The molecule has 1 aromatic rings. The van der Waals surface area contributed by atoms with Crippen LogP contribution in [0.5, 0.6) is 0 Å². The fourth-order valence-electron chi connectivity index (χ4n) is 1.79. The second kappa shape index (κ2) is 4.53. The van der Waals surface area contributed by atoms with Gasteiger partial charge in [-0.15, -0.1) is 0 Å². The van der Waals surface area contributed by atoms with E-state index >= 15 is 0 Å². The molecule has 0 amide bonds. The lowest BCUT2D eigenvalue weighted by molar-refractivity contribution is 0.0694. The Morgan fingerprint density at radius 1 is 1.44 bits per heavy atom. The third-order valence-electron chi connectivity index (χ3n) is 2.37. The third kappa shape index (κ3) is 2.43. The second-order valence-corrected chi connectivity index (χ2v) is 5.20. The summed E-state index contributed by atoms with van der Waals surface area (Å²) in [6.07, 6.45) is 0. The van der Waals surface area contributed by atoms with Gasteiger partial charge in [-0.2, -0.15) is 0 Å². The first kappa shape index (κ1) is 13.2. The molecular formula is C12H14BrFO2. The van der Waals surface area contributed by atoms with Gasteiger partial charge in [-0.3, -0.25) is 0 Å². The van der Waals surface area contributed by atoms with Crippen LogP contribution in [0.15, 0.2) is 12.1 Å². The molecule has 2 nitrogen and oxygen atoms in total. The van der Waals surface area contributed by atoms with Crippen molar-refractivity contribution in [2.24, 2.45) is 0 Å². The van der Waals surface area contributed by atoms with Crippen molar-refractivity contribution >= 4 is 21.9 Å². The van der Waals surface area contributed by atoms with Gasteiger partial charge in [0, 0.05) is 10.9 Å². The van der Waals surface area contributed by atoms with Gasteiger partial charge in [0.15, 0.2) is 0 Å². The summed E-state index contributed by atoms with van der Waals surface area (Å²) in [5.41, 5.74) is 0.742. The molecule has 1 rings (SSSR count). The Morgan fingerprint density at radius 3 is 2.38 bits per heavy atom. The third-order valence-corrected chi connectivity index (χ3v) is 2.93. The lowest BCUT2D eigenvalue weighted by Crippen LogP contribution is -2.20. The van der Waals surface area contributed by atoms with Crippen LogP contribution in [0.1, 0.15) is 42.3 Å². The molecule has 1 N–H and O–H groups in total. The fraction of sp³-hybridized carbons (Fsp3) is 0.417. The van der Waals surface area contributed by atoms with Gasteiger partial charge >= 0.3 is 5.97 Å². The van der Waals surface area contributed by atoms with Gasteiger partial charge in [0.05, 0.1) is 5.56 Å². The molecule has 0 radical (unpaired) electrons. The molecule has 0 unspecified atom stereocenters. The quantitative estimate of drug-likeness (QED) is 0.843. The van der Waals surface area contributed by atoms with E-state index in [9.17, 15) is 9.18 Å². The average Bonchev–Trinajstić information content (AvgIpc) is 2.15. The van der Waals surface area contributed by atoms with Crippen molar-refractivity contribution in [3.8, 4) is 0 Å². The molecular weight excluding hydrogens is 275 g/mol. The van der Waals surface area contributed by atoms with E-state index in [0.29, 0.717) is 16.5 Å². The zero-order valence-corrected chi connectivity index (χ0v) is 11.1. The molecule has 4 heteroatoms. The number of carbonyl (C=O) groups is 1. The molecule has 0 saturated carbocycles. The van der Waals surface area contributed by atoms with Crippen LogP contribution in [0.3, 0.4) is 0 Å². The van der Waals surface area contributed by atoms with E-state index in [-0.39, 0.29) is 11.4 Å². The van der Waals surface area contributed by atoms with E-state index in [1.165, 1.54) is 12.1 Å². The fourth-order valence-corrected chi connectivity index (χ4v) is 2.34. The van der Waals surface area contributed by atoms with E-state index in [0.717, 1.165) is 0 Å². The number of halogens is 2. The predicted octanol–water partition coefficient (Wildman–Crippen LogP) is 3.72. The maximum Gasteiger partial charge on any atom is 0.335 e. The highest BCUT2D eigenvalue weighted by Gasteiger charge is 2.26. The highest BCUT2D eigenvalue weighted by atomic mass is 79.9. The molecule has 0 heterocycles. The van der Waals surface area contributed by atoms with Crippen molar-refractivity contribution in [1.29, 1.82) is 0 Å². The molecule has 0 atom stereocenters. The molecule has 0 aliphatic rings. The van der Waals surface area contributed by atoms with Gasteiger partial charge in [-0.05, 0) is 23.1 Å². The number of hydrogen-bond donors (Lipinski definition) is 1. The summed E-state index contributed by atoms with van der Waals surface area (Å²) in [4.78, 5) is 11.1. The minimum Gasteiger partial charge on any atom is -0.478 e. The van der Waals surface area contributed by atoms with Crippen LogP contribution in [0.2, 0.25) is 0 Å². The minimum atomic E-state index is -1.02. The number of benzene rings is 1. The SMILES string of the molecule is CC(C)(C)c1c(C(=O)O)ccc(F)c1CBr. The van der Waals surface area contributed by atoms with Crippen molar-refractivity contribution < 1.29 is 14.3 Å². The molecule has 16 heavy (non-hydrogen) atoms. The summed E-state index contributed by atoms with van der Waals surface area (Å²) in [7, 11) is 0. The summed E-state index contributed by atoms with van der Waals surface area (Å²) in [6, 6.07) is 2.53. The topological polar surface area (TPSA) is 37.3 Å². The summed E-state index contributed by atoms with van der Waals surface area (Å²) >= 11 is 3.20. The molecule has 0 spiro atoms. The predicted molar refractivity (Wildman–Crippen MR) is 64.7 cm³/mol. The Morgan fingerprint density at radius 2 is 2.00 bits per heavy atom. The van der Waals surface area contributed by atoms with Crippen LogP contribution < -0.4 is 0 Å². The maximum absolute atomic E-state index is 13.6. The Hall–Kier alpha value is -0.900. The molecule has 0 aliphatic heterocycles. The normalized spacial score (nSPS) is 11.6. The Kier molecular flexibility index (Phi) is 3.73. The Bertz CT molecular complexity index is 422. The van der Waals surface area contributed by atoms with Crippen LogP contribution >= 0.6 is 15.9 Å². The smallest absolute Gasteiger partial charge is 0.335 e. The number of rotatable bonds is 2. The van der Waals surface area contributed by atoms with Crippen molar-refractivity contribution in [2.75, 3.05) is 0 Å². The standard InChI is InChI=1S/C12H14BrFO2/c1-12(2,3)10-7(11(15)16)4-5-9(14)8(10)6-13/h4-5H,6H2,1-3H3,(H,15,16). The molecule has 1 aromatic carbocycles. The largest absolute Gasteiger partial charge is 0.478 e. The minimum absolute atomic E-state index is 0.170. The van der Waals surface area contributed by atoms with Crippen LogP contribution in [-0.4, -0.2) is 11.1 Å². The first-order valence-corrected chi connectivity index (χ1v) is 6.02. The average molecular weight is 289 g/mol. The highest BCUT2D eigenvalue weighted by Crippen LogP contribution is 2.32. The zero-order valence-electron chi connectivity index (χ0n) is 9.47. The van der Waals surface area contributed by atoms with Crippen LogP contribution in [0.4, 0.5) is 4.39 Å². The monoisotopic (exact) mass is 288 g/mol. The van der Waals surface area contributed by atoms with Gasteiger partial charge in [0.2, 0.25) is 0 Å². The van der Waals surface area contributed by atoms with Crippen molar-refractivity contribution in [1.82, 2.24) is 0 Å². The second-order valence-electron chi connectivity index (χ2n) is 4.64. The van der Waals surface area contributed by atoms with Gasteiger partial charge in [-0.25, -0.2) is 9.18 Å². The molecule has 0 bridgehead atoms. The maximum atomic E-state index is 13.6. The van der Waals surface area contributed by atoms with E-state index < -0.39 is 11.4 Å². The van der Waals surface area contributed by atoms with E-state index in [1.807, 2.05) is 20.8 Å². The van der Waals surface area contributed by atoms with Gasteiger partial charge < -0.3 is 5.11 Å². The summed E-state index contributed by atoms with van der Waals surface area (Å²) in [5.74, 6) is -1.39. The molecule has 0 fully saturated rings. The number of alkyl halides is 1. The van der Waals surface area contributed by atoms with E-state index in [1.54, 1.807) is 0 Å². The van der Waals surface area contributed by atoms with Crippen LogP contribution in [-0.2, 0) is 10.7 Å².